The van der Waals surface area contributed by atoms with Gasteiger partial charge >= 0.3 is 0 Å². The van der Waals surface area contributed by atoms with Crippen molar-refractivity contribution in [3.05, 3.63) is 29.6 Å². The summed E-state index contributed by atoms with van der Waals surface area (Å²) in [6, 6.07) is 3.71. The van der Waals surface area contributed by atoms with E-state index in [0.717, 1.165) is 6.07 Å². The molecule has 0 heterocycles. The smallest absolute Gasteiger partial charge is 0.124 e. The predicted molar refractivity (Wildman–Crippen MR) is 53.0 cm³/mol. The van der Waals surface area contributed by atoms with Crippen LogP contribution in [-0.2, 0) is 0 Å². The number of aliphatic hydroxyl groups is 2. The van der Waals surface area contributed by atoms with Crippen LogP contribution < -0.4 is 10.5 Å². The van der Waals surface area contributed by atoms with Crippen molar-refractivity contribution in [2.45, 2.75) is 12.2 Å². The maximum atomic E-state index is 12.9. The number of aliphatic hydroxyl groups excluding tert-OH is 2. The summed E-state index contributed by atoms with van der Waals surface area (Å²) in [6.45, 7) is -0.110. The second kappa shape index (κ2) is 5.06. The molecule has 0 amide bonds. The van der Waals surface area contributed by atoms with Gasteiger partial charge in [0.25, 0.3) is 0 Å². The molecular formula is C10H14FNO3. The van der Waals surface area contributed by atoms with Crippen molar-refractivity contribution in [2.75, 3.05) is 13.7 Å². The molecule has 2 atom stereocenters. The van der Waals surface area contributed by atoms with E-state index < -0.39 is 18.0 Å². The first-order chi connectivity index (χ1) is 7.10. The second-order valence-electron chi connectivity index (χ2n) is 3.13. The van der Waals surface area contributed by atoms with Crippen LogP contribution in [0, 0.1) is 5.82 Å². The topological polar surface area (TPSA) is 75.7 Å². The van der Waals surface area contributed by atoms with Gasteiger partial charge in [-0.2, -0.15) is 0 Å². The number of halogens is 1. The Morgan fingerprint density at radius 1 is 1.47 bits per heavy atom. The molecule has 5 heteroatoms. The van der Waals surface area contributed by atoms with Crippen LogP contribution in [0.4, 0.5) is 4.39 Å². The van der Waals surface area contributed by atoms with Crippen molar-refractivity contribution < 1.29 is 19.3 Å². The molecule has 84 valence electrons. The molecule has 0 bridgehead atoms. The van der Waals surface area contributed by atoms with E-state index in [2.05, 4.69) is 0 Å². The van der Waals surface area contributed by atoms with Gasteiger partial charge in [0.15, 0.2) is 0 Å². The normalized spacial score (nSPS) is 14.7. The van der Waals surface area contributed by atoms with Crippen LogP contribution in [-0.4, -0.2) is 30.0 Å². The molecule has 0 aliphatic carbocycles. The number of methoxy groups -OCH3 is 1. The molecule has 0 saturated heterocycles. The highest BCUT2D eigenvalue weighted by molar-refractivity contribution is 5.36. The van der Waals surface area contributed by atoms with Crippen LogP contribution in [0.2, 0.25) is 0 Å². The Bertz CT molecular complexity index is 332. The van der Waals surface area contributed by atoms with Crippen molar-refractivity contribution in [1.29, 1.82) is 0 Å². The monoisotopic (exact) mass is 215 g/mol. The Balaban J connectivity index is 3.05. The van der Waals surface area contributed by atoms with Crippen molar-refractivity contribution in [1.82, 2.24) is 0 Å². The molecule has 0 saturated carbocycles. The summed E-state index contributed by atoms with van der Waals surface area (Å²) in [5, 5.41) is 19.0. The molecule has 0 aromatic heterocycles. The minimum atomic E-state index is -1.25. The summed E-state index contributed by atoms with van der Waals surface area (Å²) in [5.41, 5.74) is 5.39. The molecule has 1 aromatic carbocycles. The van der Waals surface area contributed by atoms with E-state index in [1.54, 1.807) is 0 Å². The highest BCUT2D eigenvalue weighted by atomic mass is 19.1. The summed E-state index contributed by atoms with van der Waals surface area (Å²) < 4.78 is 17.9. The largest absolute Gasteiger partial charge is 0.496 e. The van der Waals surface area contributed by atoms with Gasteiger partial charge in [0, 0.05) is 12.1 Å². The molecular weight excluding hydrogens is 201 g/mol. The van der Waals surface area contributed by atoms with Gasteiger partial charge in [-0.05, 0) is 18.2 Å². The number of hydrogen-bond acceptors (Lipinski definition) is 4. The Morgan fingerprint density at radius 3 is 2.67 bits per heavy atom. The van der Waals surface area contributed by atoms with Gasteiger partial charge < -0.3 is 20.7 Å². The van der Waals surface area contributed by atoms with E-state index in [-0.39, 0.29) is 12.1 Å². The minimum Gasteiger partial charge on any atom is -0.496 e. The minimum absolute atomic E-state index is 0.110. The highest BCUT2D eigenvalue weighted by Crippen LogP contribution is 2.27. The lowest BCUT2D eigenvalue weighted by Gasteiger charge is -2.18. The van der Waals surface area contributed by atoms with Gasteiger partial charge in [-0.25, -0.2) is 4.39 Å². The molecule has 0 spiro atoms. The van der Waals surface area contributed by atoms with Gasteiger partial charge in [-0.3, -0.25) is 0 Å². The second-order valence-corrected chi connectivity index (χ2v) is 3.13. The molecule has 0 radical (unpaired) electrons. The van der Waals surface area contributed by atoms with Crippen molar-refractivity contribution in [3.8, 4) is 5.75 Å². The Hall–Kier alpha value is -1.17. The fraction of sp³-hybridized carbons (Fsp3) is 0.400. The summed E-state index contributed by atoms with van der Waals surface area (Å²) in [6.07, 6.45) is -2.39. The SMILES string of the molecule is COc1ccc(F)cc1C(O)C(O)CN. The van der Waals surface area contributed by atoms with Crippen LogP contribution in [0.5, 0.6) is 5.75 Å². The average Bonchev–Trinajstić information content (AvgIpc) is 2.27. The molecule has 4 N–H and O–H groups in total. The van der Waals surface area contributed by atoms with E-state index in [4.69, 9.17) is 10.5 Å². The number of benzene rings is 1. The zero-order valence-corrected chi connectivity index (χ0v) is 8.35. The van der Waals surface area contributed by atoms with Crippen LogP contribution in [0.15, 0.2) is 18.2 Å². The summed E-state index contributed by atoms with van der Waals surface area (Å²) >= 11 is 0. The maximum absolute atomic E-state index is 12.9. The van der Waals surface area contributed by atoms with Gasteiger partial charge in [0.1, 0.15) is 17.7 Å². The Kier molecular flexibility index (Phi) is 4.02. The molecule has 1 rings (SSSR count). The third kappa shape index (κ3) is 2.65. The van der Waals surface area contributed by atoms with Crippen LogP contribution in [0.25, 0.3) is 0 Å². The van der Waals surface area contributed by atoms with Crippen molar-refractivity contribution in [2.24, 2.45) is 5.73 Å². The first kappa shape index (κ1) is 11.9. The fourth-order valence-corrected chi connectivity index (χ4v) is 1.27. The third-order valence-corrected chi connectivity index (χ3v) is 2.12. The lowest BCUT2D eigenvalue weighted by molar-refractivity contribution is 0.0227. The van der Waals surface area contributed by atoms with Crippen LogP contribution in [0.3, 0.4) is 0 Å². The quantitative estimate of drug-likeness (QED) is 0.670. The molecule has 1 aromatic rings. The summed E-state index contributed by atoms with van der Waals surface area (Å²) in [4.78, 5) is 0. The van der Waals surface area contributed by atoms with E-state index in [0.29, 0.717) is 5.75 Å². The third-order valence-electron chi connectivity index (χ3n) is 2.12. The molecule has 2 unspecified atom stereocenters. The van der Waals surface area contributed by atoms with Crippen molar-refractivity contribution in [3.63, 3.8) is 0 Å². The lowest BCUT2D eigenvalue weighted by Crippen LogP contribution is -2.27. The number of ether oxygens (including phenoxy) is 1. The zero-order valence-electron chi connectivity index (χ0n) is 8.35. The van der Waals surface area contributed by atoms with E-state index in [1.165, 1.54) is 19.2 Å². The first-order valence-electron chi connectivity index (χ1n) is 4.49. The molecule has 0 aliphatic heterocycles. The molecule has 0 aliphatic rings. The molecule has 15 heavy (non-hydrogen) atoms. The summed E-state index contributed by atoms with van der Waals surface area (Å²) in [7, 11) is 1.40. The zero-order chi connectivity index (χ0) is 11.4. The maximum Gasteiger partial charge on any atom is 0.124 e. The number of nitrogens with two attached hydrogens (primary N) is 1. The Labute approximate surface area is 87.1 Å². The van der Waals surface area contributed by atoms with E-state index in [9.17, 15) is 14.6 Å². The van der Waals surface area contributed by atoms with Crippen LogP contribution in [0.1, 0.15) is 11.7 Å². The van der Waals surface area contributed by atoms with Gasteiger partial charge in [-0.15, -0.1) is 0 Å². The van der Waals surface area contributed by atoms with Gasteiger partial charge in [0.2, 0.25) is 0 Å². The van der Waals surface area contributed by atoms with E-state index >= 15 is 0 Å². The Morgan fingerprint density at radius 2 is 2.13 bits per heavy atom. The lowest BCUT2D eigenvalue weighted by atomic mass is 10.0. The molecule has 0 fully saturated rings. The van der Waals surface area contributed by atoms with Crippen molar-refractivity contribution >= 4 is 0 Å². The van der Waals surface area contributed by atoms with Crippen LogP contribution >= 0.6 is 0 Å². The summed E-state index contributed by atoms with van der Waals surface area (Å²) in [5.74, 6) is -0.189. The first-order valence-corrected chi connectivity index (χ1v) is 4.49. The number of rotatable bonds is 4. The van der Waals surface area contributed by atoms with E-state index in [1.807, 2.05) is 0 Å². The average molecular weight is 215 g/mol. The standard InChI is InChI=1S/C10H14FNO3/c1-15-9-3-2-6(11)4-7(9)10(14)8(13)5-12/h2-4,8,10,13-14H,5,12H2,1H3. The van der Waals surface area contributed by atoms with Gasteiger partial charge in [-0.1, -0.05) is 0 Å². The van der Waals surface area contributed by atoms with Gasteiger partial charge in [0.05, 0.1) is 13.2 Å². The number of hydrogen-bond donors (Lipinski definition) is 3. The predicted octanol–water partition coefficient (Wildman–Crippen LogP) is 0.187. The highest BCUT2D eigenvalue weighted by Gasteiger charge is 2.21. The molecule has 4 nitrogen and oxygen atoms in total. The fourth-order valence-electron chi connectivity index (χ4n) is 1.27.